The summed E-state index contributed by atoms with van der Waals surface area (Å²) in [5.41, 5.74) is 5.28. The van der Waals surface area contributed by atoms with Crippen LogP contribution < -0.4 is 10.6 Å². The fraction of sp³-hybridized carbons (Fsp3) is 0.250. The number of aryl methyl sites for hydroxylation is 1. The van der Waals surface area contributed by atoms with Crippen LogP contribution in [0.4, 0.5) is 4.79 Å². The normalized spacial score (nSPS) is 13.5. The van der Waals surface area contributed by atoms with Crippen molar-refractivity contribution in [3.63, 3.8) is 0 Å². The first-order valence-corrected chi connectivity index (χ1v) is 14.4. The van der Waals surface area contributed by atoms with Gasteiger partial charge in [0.2, 0.25) is 5.91 Å². The van der Waals surface area contributed by atoms with Gasteiger partial charge in [0.25, 0.3) is 0 Å². The maximum Gasteiger partial charge on any atom is 0.407 e. The van der Waals surface area contributed by atoms with E-state index in [2.05, 4.69) is 27.8 Å². The maximum atomic E-state index is 13.3. The zero-order valence-corrected chi connectivity index (χ0v) is 24.0. The number of aromatic carboxylic acids is 1. The Morgan fingerprint density at radius 2 is 1.57 bits per heavy atom. The van der Waals surface area contributed by atoms with Gasteiger partial charge in [-0.2, -0.15) is 0 Å². The molecule has 0 aliphatic heterocycles. The molecule has 0 saturated carbocycles. The minimum absolute atomic E-state index is 0.00585. The quantitative estimate of drug-likeness (QED) is 0.219. The Balaban J connectivity index is 1.26. The van der Waals surface area contributed by atoms with Crippen LogP contribution in [0.2, 0.25) is 0 Å². The van der Waals surface area contributed by atoms with Crippen molar-refractivity contribution < 1.29 is 29.0 Å². The second kappa shape index (κ2) is 13.0. The number of thiazole rings is 1. The van der Waals surface area contributed by atoms with Gasteiger partial charge in [-0.25, -0.2) is 14.6 Å². The molecule has 0 saturated heterocycles. The van der Waals surface area contributed by atoms with E-state index in [1.54, 1.807) is 13.8 Å². The highest BCUT2D eigenvalue weighted by molar-refractivity contribution is 7.11. The number of ether oxygens (including phenoxy) is 2. The lowest BCUT2D eigenvalue weighted by Crippen LogP contribution is -2.53. The number of alkyl carbamates (subject to hydrolysis) is 1. The maximum absolute atomic E-state index is 13.3. The zero-order valence-electron chi connectivity index (χ0n) is 23.2. The fourth-order valence-electron chi connectivity index (χ4n) is 5.06. The molecule has 216 valence electrons. The molecule has 4 aromatic rings. The molecule has 2 atom stereocenters. The van der Waals surface area contributed by atoms with E-state index in [1.807, 2.05) is 66.7 Å². The number of amides is 2. The lowest BCUT2D eigenvalue weighted by atomic mass is 9.98. The summed E-state index contributed by atoms with van der Waals surface area (Å²) in [5, 5.41) is 15.2. The van der Waals surface area contributed by atoms with Gasteiger partial charge in [0.05, 0.1) is 19.3 Å². The van der Waals surface area contributed by atoms with Crippen LogP contribution in [0.1, 0.15) is 49.9 Å². The van der Waals surface area contributed by atoms with Crippen molar-refractivity contribution in [3.8, 4) is 11.1 Å². The number of carbonyl (C=O) groups is 3. The van der Waals surface area contributed by atoms with Crippen molar-refractivity contribution in [1.82, 2.24) is 15.6 Å². The van der Waals surface area contributed by atoms with Crippen LogP contribution >= 0.6 is 11.3 Å². The van der Waals surface area contributed by atoms with Gasteiger partial charge in [0, 0.05) is 10.8 Å². The van der Waals surface area contributed by atoms with Crippen LogP contribution in [0.25, 0.3) is 11.1 Å². The topological polar surface area (TPSA) is 127 Å². The van der Waals surface area contributed by atoms with Crippen molar-refractivity contribution in [2.24, 2.45) is 0 Å². The lowest BCUT2D eigenvalue weighted by molar-refractivity contribution is -0.127. The predicted octanol–water partition coefficient (Wildman–Crippen LogP) is 5.28. The summed E-state index contributed by atoms with van der Waals surface area (Å²) < 4.78 is 11.6. The van der Waals surface area contributed by atoms with Gasteiger partial charge in [-0.15, -0.1) is 11.3 Å². The van der Waals surface area contributed by atoms with Gasteiger partial charge >= 0.3 is 12.1 Å². The Morgan fingerprint density at radius 1 is 0.952 bits per heavy atom. The molecule has 9 nitrogen and oxygen atoms in total. The number of benzene rings is 3. The van der Waals surface area contributed by atoms with E-state index in [4.69, 9.17) is 9.47 Å². The third-order valence-corrected chi connectivity index (χ3v) is 8.15. The summed E-state index contributed by atoms with van der Waals surface area (Å²) in [5.74, 6) is -1.76. The number of nitrogens with one attached hydrogen (secondary N) is 2. The number of hydrogen-bond acceptors (Lipinski definition) is 7. The lowest BCUT2D eigenvalue weighted by Gasteiger charge is -2.25. The molecule has 3 N–H and O–H groups in total. The smallest absolute Gasteiger partial charge is 0.407 e. The van der Waals surface area contributed by atoms with Crippen molar-refractivity contribution in [1.29, 1.82) is 0 Å². The molecule has 1 heterocycles. The van der Waals surface area contributed by atoms with E-state index < -0.39 is 30.1 Å². The summed E-state index contributed by atoms with van der Waals surface area (Å²) in [6.07, 6.45) is -1.45. The first-order valence-electron chi connectivity index (χ1n) is 13.6. The van der Waals surface area contributed by atoms with Gasteiger partial charge in [-0.3, -0.25) is 4.79 Å². The molecule has 1 aliphatic rings. The largest absolute Gasteiger partial charge is 0.476 e. The van der Waals surface area contributed by atoms with Crippen molar-refractivity contribution >= 4 is 29.3 Å². The van der Waals surface area contributed by atoms with E-state index in [0.29, 0.717) is 9.88 Å². The summed E-state index contributed by atoms with van der Waals surface area (Å²) in [6, 6.07) is 24.5. The molecular weight excluding hydrogens is 554 g/mol. The molecule has 3 aromatic carbocycles. The molecule has 0 fully saturated rings. The van der Waals surface area contributed by atoms with Crippen molar-refractivity contribution in [3.05, 3.63) is 111 Å². The van der Waals surface area contributed by atoms with E-state index in [0.717, 1.165) is 27.8 Å². The number of carbonyl (C=O) groups excluding carboxylic acids is 2. The highest BCUT2D eigenvalue weighted by atomic mass is 32.1. The van der Waals surface area contributed by atoms with Crippen LogP contribution in [0, 0.1) is 6.92 Å². The van der Waals surface area contributed by atoms with Gasteiger partial charge < -0.3 is 25.2 Å². The predicted molar refractivity (Wildman–Crippen MR) is 158 cm³/mol. The number of carboxylic acid groups (broad SMARTS) is 1. The molecule has 0 unspecified atom stereocenters. The van der Waals surface area contributed by atoms with Crippen LogP contribution in [-0.2, 0) is 27.4 Å². The highest BCUT2D eigenvalue weighted by Crippen LogP contribution is 2.44. The Hall–Kier alpha value is -4.54. The second-order valence-corrected chi connectivity index (χ2v) is 11.3. The van der Waals surface area contributed by atoms with Gasteiger partial charge in [-0.1, -0.05) is 78.9 Å². The number of aromatic nitrogens is 1. The van der Waals surface area contributed by atoms with Crippen molar-refractivity contribution in [2.75, 3.05) is 6.61 Å². The Morgan fingerprint density at radius 3 is 2.19 bits per heavy atom. The zero-order chi connectivity index (χ0) is 29.6. The number of rotatable bonds is 11. The highest BCUT2D eigenvalue weighted by Gasteiger charge is 2.32. The number of hydrogen-bond donors (Lipinski definition) is 3. The van der Waals surface area contributed by atoms with Crippen LogP contribution in [0.15, 0.2) is 78.9 Å². The molecule has 2 amide bonds. The Bertz CT molecular complexity index is 1540. The summed E-state index contributed by atoms with van der Waals surface area (Å²) in [7, 11) is 0. The van der Waals surface area contributed by atoms with Crippen molar-refractivity contribution in [2.45, 2.75) is 45.1 Å². The fourth-order valence-corrected chi connectivity index (χ4v) is 5.92. The molecule has 0 radical (unpaired) electrons. The van der Waals surface area contributed by atoms with Crippen LogP contribution in [-0.4, -0.2) is 46.8 Å². The van der Waals surface area contributed by atoms with Gasteiger partial charge in [0.15, 0.2) is 5.69 Å². The average molecular weight is 586 g/mol. The van der Waals surface area contributed by atoms with Gasteiger partial charge in [-0.05, 0) is 41.7 Å². The molecule has 1 aromatic heterocycles. The molecule has 1 aliphatic carbocycles. The van der Waals surface area contributed by atoms with E-state index >= 15 is 0 Å². The number of nitrogens with zero attached hydrogens (tertiary/aromatic N) is 1. The number of fused-ring (bicyclic) bond motifs is 3. The second-order valence-electron chi connectivity index (χ2n) is 9.98. The summed E-state index contributed by atoms with van der Waals surface area (Å²) in [6.45, 7) is 3.71. The number of carboxylic acids is 1. The van der Waals surface area contributed by atoms with E-state index in [1.165, 1.54) is 11.3 Å². The molecule has 10 heteroatoms. The molecule has 0 bridgehead atoms. The van der Waals surface area contributed by atoms with Crippen LogP contribution in [0.3, 0.4) is 0 Å². The minimum Gasteiger partial charge on any atom is -0.476 e. The summed E-state index contributed by atoms with van der Waals surface area (Å²) >= 11 is 1.19. The third kappa shape index (κ3) is 6.50. The monoisotopic (exact) mass is 585 g/mol. The van der Waals surface area contributed by atoms with Gasteiger partial charge in [0.1, 0.15) is 17.7 Å². The minimum atomic E-state index is -1.13. The Labute approximate surface area is 247 Å². The molecule has 5 rings (SSSR count). The molecule has 42 heavy (non-hydrogen) atoms. The summed E-state index contributed by atoms with van der Waals surface area (Å²) in [4.78, 5) is 42.4. The van der Waals surface area contributed by atoms with E-state index in [-0.39, 0.29) is 31.4 Å². The standard InChI is InChI=1S/C32H31N3O6S/c1-19(40-17-21-10-4-3-5-11-21)28(30(36)33-16-27-34-29(31(37)38)20(2)42-27)35-32(39)41-18-26-24-14-8-6-12-22(24)23-13-7-9-15-25(23)26/h3-15,19,26,28H,16-18H2,1-2H3,(H,33,36)(H,35,39)(H,37,38)/t19-,28+/m0/s1. The van der Waals surface area contributed by atoms with E-state index in [9.17, 15) is 19.5 Å². The Kier molecular flexibility index (Phi) is 8.94. The average Bonchev–Trinajstić information content (AvgIpc) is 3.54. The molecule has 0 spiro atoms. The van der Waals surface area contributed by atoms with Crippen LogP contribution in [0.5, 0.6) is 0 Å². The first-order chi connectivity index (χ1) is 20.3. The first kappa shape index (κ1) is 29.0. The molecular formula is C32H31N3O6S. The third-order valence-electron chi connectivity index (χ3n) is 7.18. The SMILES string of the molecule is Cc1sc(CNC(=O)[C@H](NC(=O)OCC2c3ccccc3-c3ccccc32)[C@H](C)OCc2ccccc2)nc1C(=O)O.